The van der Waals surface area contributed by atoms with Crippen LogP contribution in [0, 0.1) is 22.0 Å². The van der Waals surface area contributed by atoms with Gasteiger partial charge >= 0.3 is 6.18 Å². The second-order valence-corrected chi connectivity index (χ2v) is 14.5. The smallest absolute Gasteiger partial charge is 0.382 e. The molecule has 1 aliphatic carbocycles. The van der Waals surface area contributed by atoms with Gasteiger partial charge in [-0.3, -0.25) is 14.9 Å². The Hall–Kier alpha value is -2.57. The lowest BCUT2D eigenvalue weighted by molar-refractivity contribution is -0.388. The van der Waals surface area contributed by atoms with Crippen molar-refractivity contribution in [3.63, 3.8) is 0 Å². The molecule has 224 valence electrons. The standard InChI is InChI=1S/C30H38F3IN4O3/c1-29(2,34)22-6-11-25(12-7-22)37-16-14-20(15-17-37)19-36(3)28(39)21-4-8-23(9-5-21)35-24-10-13-27(38(40)41)26(18-24)30(31,32)33/h6-7,10-13,18,20-21,23,35H,4-5,8-9,14-17,19H2,1-3H3/t21-,23-. The Morgan fingerprint density at radius 2 is 1.66 bits per heavy atom. The molecule has 2 aromatic rings. The van der Waals surface area contributed by atoms with Gasteiger partial charge in [-0.15, -0.1) is 0 Å². The number of carbonyl (C=O) groups is 1. The lowest BCUT2D eigenvalue weighted by atomic mass is 9.84. The van der Waals surface area contributed by atoms with Crippen molar-refractivity contribution in [1.29, 1.82) is 0 Å². The number of carbonyl (C=O) groups excluding carboxylic acids is 1. The fourth-order valence-corrected chi connectivity index (χ4v) is 6.32. The number of rotatable bonds is 8. The third-order valence-corrected chi connectivity index (χ3v) is 9.01. The molecule has 0 spiro atoms. The molecule has 11 heteroatoms. The predicted octanol–water partition coefficient (Wildman–Crippen LogP) is 7.63. The third-order valence-electron chi connectivity index (χ3n) is 8.39. The summed E-state index contributed by atoms with van der Waals surface area (Å²) in [5, 5.41) is 14.1. The highest BCUT2D eigenvalue weighted by molar-refractivity contribution is 14.1. The summed E-state index contributed by atoms with van der Waals surface area (Å²) in [6, 6.07) is 11.7. The molecule has 41 heavy (non-hydrogen) atoms. The summed E-state index contributed by atoms with van der Waals surface area (Å²) in [4.78, 5) is 27.5. The Morgan fingerprint density at radius 1 is 1.05 bits per heavy atom. The zero-order chi connectivity index (χ0) is 29.9. The number of alkyl halides is 4. The number of nitro benzene ring substituents is 1. The van der Waals surface area contributed by atoms with E-state index in [9.17, 15) is 28.1 Å². The molecule has 7 nitrogen and oxygen atoms in total. The molecule has 1 N–H and O–H groups in total. The van der Waals surface area contributed by atoms with Crippen molar-refractivity contribution < 1.29 is 22.9 Å². The molecule has 0 unspecified atom stereocenters. The Labute approximate surface area is 253 Å². The zero-order valence-electron chi connectivity index (χ0n) is 23.7. The average molecular weight is 687 g/mol. The van der Waals surface area contributed by atoms with Crippen LogP contribution in [0.3, 0.4) is 0 Å². The van der Waals surface area contributed by atoms with E-state index in [1.165, 1.54) is 17.3 Å². The molecule has 0 aromatic heterocycles. The SMILES string of the molecule is CN(CC1CCN(c2ccc(C(C)(C)I)cc2)CC1)C(=O)[C@H]1CC[C@H](Nc2ccc([N+](=O)[O-])c(C(F)(F)F)c2)CC1. The van der Waals surface area contributed by atoms with E-state index in [1.54, 1.807) is 0 Å². The molecule has 0 bridgehead atoms. The van der Waals surface area contributed by atoms with E-state index < -0.39 is 22.4 Å². The van der Waals surface area contributed by atoms with E-state index in [2.05, 4.69) is 70.9 Å². The van der Waals surface area contributed by atoms with Crippen LogP contribution in [0.25, 0.3) is 0 Å². The fourth-order valence-electron chi connectivity index (χ4n) is 5.96. The summed E-state index contributed by atoms with van der Waals surface area (Å²) in [5.41, 5.74) is 0.531. The molecule has 0 atom stereocenters. The number of halogens is 4. The number of hydrogen-bond acceptors (Lipinski definition) is 5. The van der Waals surface area contributed by atoms with Crippen molar-refractivity contribution in [2.45, 2.75) is 68.0 Å². The van der Waals surface area contributed by atoms with Crippen LogP contribution in [0.1, 0.15) is 63.5 Å². The summed E-state index contributed by atoms with van der Waals surface area (Å²) in [7, 11) is 1.87. The maximum absolute atomic E-state index is 13.3. The van der Waals surface area contributed by atoms with Crippen LogP contribution in [0.5, 0.6) is 0 Å². The Balaban J connectivity index is 1.23. The van der Waals surface area contributed by atoms with Gasteiger partial charge in [-0.25, -0.2) is 0 Å². The van der Waals surface area contributed by atoms with E-state index in [1.807, 2.05) is 11.9 Å². The van der Waals surface area contributed by atoms with Gasteiger partial charge < -0.3 is 15.1 Å². The Morgan fingerprint density at radius 3 is 2.20 bits per heavy atom. The number of amides is 1. The number of nitro groups is 1. The fraction of sp³-hybridized carbons (Fsp3) is 0.567. The van der Waals surface area contributed by atoms with Crippen molar-refractivity contribution in [2.75, 3.05) is 36.9 Å². The summed E-state index contributed by atoms with van der Waals surface area (Å²) in [6.07, 6.45) is -0.150. The van der Waals surface area contributed by atoms with Crippen molar-refractivity contribution in [1.82, 2.24) is 4.90 Å². The van der Waals surface area contributed by atoms with Gasteiger partial charge in [0.25, 0.3) is 5.69 Å². The summed E-state index contributed by atoms with van der Waals surface area (Å²) in [5.74, 6) is 0.495. The van der Waals surface area contributed by atoms with Crippen LogP contribution in [-0.4, -0.2) is 48.5 Å². The van der Waals surface area contributed by atoms with Gasteiger partial charge in [-0.05, 0) is 88.1 Å². The van der Waals surface area contributed by atoms with E-state index in [4.69, 9.17) is 0 Å². The van der Waals surface area contributed by atoms with Crippen LogP contribution >= 0.6 is 22.6 Å². The Kier molecular flexibility index (Phi) is 9.75. The largest absolute Gasteiger partial charge is 0.423 e. The highest BCUT2D eigenvalue weighted by atomic mass is 127. The predicted molar refractivity (Wildman–Crippen MR) is 164 cm³/mol. The van der Waals surface area contributed by atoms with Crippen molar-refractivity contribution >= 4 is 45.6 Å². The molecule has 1 saturated carbocycles. The first-order valence-corrected chi connectivity index (χ1v) is 15.2. The lowest BCUT2D eigenvalue weighted by Crippen LogP contribution is -2.42. The molecule has 1 amide bonds. The van der Waals surface area contributed by atoms with Crippen LogP contribution in [0.4, 0.5) is 30.2 Å². The van der Waals surface area contributed by atoms with Gasteiger partial charge in [0.05, 0.1) is 4.92 Å². The first-order valence-electron chi connectivity index (χ1n) is 14.1. The average Bonchev–Trinajstić information content (AvgIpc) is 2.92. The van der Waals surface area contributed by atoms with Gasteiger partial charge in [-0.2, -0.15) is 13.2 Å². The Bertz CT molecular complexity index is 1220. The van der Waals surface area contributed by atoms with Crippen molar-refractivity contribution in [2.24, 2.45) is 11.8 Å². The van der Waals surface area contributed by atoms with Crippen LogP contribution in [0.15, 0.2) is 42.5 Å². The highest BCUT2D eigenvalue weighted by Gasteiger charge is 2.39. The minimum atomic E-state index is -4.82. The van der Waals surface area contributed by atoms with Gasteiger partial charge in [0, 0.05) is 59.5 Å². The van der Waals surface area contributed by atoms with E-state index in [-0.39, 0.29) is 27.0 Å². The molecule has 2 fully saturated rings. The quantitative estimate of drug-likeness (QED) is 0.134. The topological polar surface area (TPSA) is 78.7 Å². The second-order valence-electron chi connectivity index (χ2n) is 11.8. The number of nitrogens with zero attached hydrogens (tertiary/aromatic N) is 3. The summed E-state index contributed by atoms with van der Waals surface area (Å²) in [6.45, 7) is 7.07. The molecule has 0 radical (unpaired) electrons. The van der Waals surface area contributed by atoms with E-state index in [0.29, 0.717) is 31.6 Å². The molecule has 1 saturated heterocycles. The normalized spacial score (nSPS) is 20.5. The third kappa shape index (κ3) is 8.04. The van der Waals surface area contributed by atoms with Gasteiger partial charge in [-0.1, -0.05) is 34.7 Å². The van der Waals surface area contributed by atoms with E-state index in [0.717, 1.165) is 44.6 Å². The first kappa shape index (κ1) is 31.4. The van der Waals surface area contributed by atoms with E-state index >= 15 is 0 Å². The van der Waals surface area contributed by atoms with Crippen LogP contribution in [0.2, 0.25) is 0 Å². The van der Waals surface area contributed by atoms with Gasteiger partial charge in [0.15, 0.2) is 0 Å². The number of piperidine rings is 1. The number of anilines is 2. The molecule has 2 aromatic carbocycles. The van der Waals surface area contributed by atoms with Crippen molar-refractivity contribution in [3.05, 3.63) is 63.7 Å². The zero-order valence-corrected chi connectivity index (χ0v) is 25.9. The number of nitrogens with one attached hydrogen (secondary N) is 1. The molecule has 2 aliphatic rings. The maximum Gasteiger partial charge on any atom is 0.423 e. The second kappa shape index (κ2) is 12.7. The van der Waals surface area contributed by atoms with Crippen LogP contribution < -0.4 is 10.2 Å². The molecular weight excluding hydrogens is 648 g/mol. The molecule has 1 aliphatic heterocycles. The molecule has 4 rings (SSSR count). The van der Waals surface area contributed by atoms with Crippen molar-refractivity contribution in [3.8, 4) is 0 Å². The highest BCUT2D eigenvalue weighted by Crippen LogP contribution is 2.38. The van der Waals surface area contributed by atoms with Gasteiger partial charge in [0.2, 0.25) is 5.91 Å². The van der Waals surface area contributed by atoms with Crippen LogP contribution in [-0.2, 0) is 14.4 Å². The minimum absolute atomic E-state index is 0.0896. The molecular formula is C30H38F3IN4O3. The number of benzene rings is 2. The molecule has 1 heterocycles. The lowest BCUT2D eigenvalue weighted by Gasteiger charge is -2.37. The maximum atomic E-state index is 13.3. The monoisotopic (exact) mass is 686 g/mol. The summed E-state index contributed by atoms with van der Waals surface area (Å²) < 4.78 is 40.1. The summed E-state index contributed by atoms with van der Waals surface area (Å²) >= 11 is 2.45. The minimum Gasteiger partial charge on any atom is -0.382 e. The van der Waals surface area contributed by atoms with Gasteiger partial charge in [0.1, 0.15) is 5.56 Å². The first-order chi connectivity index (χ1) is 19.2. The number of hydrogen-bond donors (Lipinski definition) is 1.